The first-order chi connectivity index (χ1) is 13.1. The van der Waals surface area contributed by atoms with E-state index in [1.807, 2.05) is 26.8 Å². The first kappa shape index (κ1) is 20.1. The summed E-state index contributed by atoms with van der Waals surface area (Å²) in [6.45, 7) is 5.94. The summed E-state index contributed by atoms with van der Waals surface area (Å²) < 4.78 is 40.2. The highest BCUT2D eigenvalue weighted by Gasteiger charge is 2.32. The van der Waals surface area contributed by atoms with Crippen LogP contribution in [0, 0.1) is 18.6 Å². The summed E-state index contributed by atoms with van der Waals surface area (Å²) in [7, 11) is 0. The van der Waals surface area contributed by atoms with Crippen molar-refractivity contribution in [2.75, 3.05) is 0 Å². The maximum atomic E-state index is 14.4. The van der Waals surface area contributed by atoms with E-state index in [1.165, 1.54) is 12.1 Å². The minimum absolute atomic E-state index is 0.00764. The SMILES string of the molecule is Cc1cc(COc2c(F)cc(CCCC(=O)O)cc2F)c2c(c1)CC(C)(C)O2. The van der Waals surface area contributed by atoms with Crippen LogP contribution < -0.4 is 9.47 Å². The van der Waals surface area contributed by atoms with Gasteiger partial charge in [0.1, 0.15) is 18.0 Å². The lowest BCUT2D eigenvalue weighted by Crippen LogP contribution is -2.25. The molecule has 0 unspecified atom stereocenters. The van der Waals surface area contributed by atoms with Crippen molar-refractivity contribution >= 4 is 5.97 Å². The molecule has 0 radical (unpaired) electrons. The summed E-state index contributed by atoms with van der Waals surface area (Å²) in [5.41, 5.74) is 2.95. The third-order valence-electron chi connectivity index (χ3n) is 4.67. The topological polar surface area (TPSA) is 55.8 Å². The summed E-state index contributed by atoms with van der Waals surface area (Å²) in [4.78, 5) is 10.6. The van der Waals surface area contributed by atoms with Gasteiger partial charge in [0.2, 0.25) is 0 Å². The Kier molecular flexibility index (Phi) is 5.59. The highest BCUT2D eigenvalue weighted by Crippen LogP contribution is 2.39. The average Bonchev–Trinajstić information content (AvgIpc) is 2.87. The number of hydrogen-bond acceptors (Lipinski definition) is 3. The van der Waals surface area contributed by atoms with Crippen LogP contribution in [0.4, 0.5) is 8.78 Å². The molecule has 0 amide bonds. The molecule has 1 aliphatic heterocycles. The Morgan fingerprint density at radius 3 is 2.54 bits per heavy atom. The molecule has 0 atom stereocenters. The first-order valence-electron chi connectivity index (χ1n) is 9.28. The van der Waals surface area contributed by atoms with Gasteiger partial charge >= 0.3 is 5.97 Å². The molecule has 6 heteroatoms. The second kappa shape index (κ2) is 7.78. The van der Waals surface area contributed by atoms with Gasteiger partial charge in [0.05, 0.1) is 0 Å². The molecule has 0 bridgehead atoms. The van der Waals surface area contributed by atoms with Crippen LogP contribution >= 0.6 is 0 Å². The van der Waals surface area contributed by atoms with Crippen LogP contribution in [0.1, 0.15) is 48.9 Å². The lowest BCUT2D eigenvalue weighted by Gasteiger charge is -2.18. The second-order valence-electron chi connectivity index (χ2n) is 7.88. The number of benzene rings is 2. The van der Waals surface area contributed by atoms with E-state index in [2.05, 4.69) is 6.07 Å². The van der Waals surface area contributed by atoms with Crippen molar-refractivity contribution in [3.05, 3.63) is 58.2 Å². The molecule has 0 saturated carbocycles. The summed E-state index contributed by atoms with van der Waals surface area (Å²) in [6.07, 6.45) is 1.33. The van der Waals surface area contributed by atoms with Gasteiger partial charge in [-0.1, -0.05) is 11.6 Å². The molecule has 2 aromatic carbocycles. The quantitative estimate of drug-likeness (QED) is 0.725. The number of carboxylic acid groups (broad SMARTS) is 1. The van der Waals surface area contributed by atoms with E-state index in [4.69, 9.17) is 14.6 Å². The molecule has 1 N–H and O–H groups in total. The van der Waals surface area contributed by atoms with Crippen LogP contribution in [0.5, 0.6) is 11.5 Å². The maximum absolute atomic E-state index is 14.4. The van der Waals surface area contributed by atoms with E-state index in [0.29, 0.717) is 12.0 Å². The molecule has 0 aromatic heterocycles. The van der Waals surface area contributed by atoms with Crippen molar-refractivity contribution in [1.29, 1.82) is 0 Å². The third-order valence-corrected chi connectivity index (χ3v) is 4.67. The number of carboxylic acids is 1. The van der Waals surface area contributed by atoms with E-state index in [0.717, 1.165) is 28.9 Å². The van der Waals surface area contributed by atoms with Gasteiger partial charge in [-0.05, 0) is 62.9 Å². The normalized spacial score (nSPS) is 14.5. The van der Waals surface area contributed by atoms with E-state index >= 15 is 0 Å². The van der Waals surface area contributed by atoms with Crippen molar-refractivity contribution in [3.63, 3.8) is 0 Å². The highest BCUT2D eigenvalue weighted by atomic mass is 19.1. The summed E-state index contributed by atoms with van der Waals surface area (Å²) in [6, 6.07) is 6.35. The van der Waals surface area contributed by atoms with Crippen LogP contribution in [0.2, 0.25) is 0 Å². The molecule has 2 aromatic rings. The number of aliphatic carboxylic acids is 1. The van der Waals surface area contributed by atoms with Crippen molar-refractivity contribution < 1.29 is 28.2 Å². The average molecular weight is 390 g/mol. The fourth-order valence-corrected chi connectivity index (χ4v) is 3.56. The highest BCUT2D eigenvalue weighted by molar-refractivity contribution is 5.66. The van der Waals surface area contributed by atoms with Crippen molar-refractivity contribution in [2.24, 2.45) is 0 Å². The summed E-state index contributed by atoms with van der Waals surface area (Å²) in [5, 5.41) is 8.66. The molecule has 0 fully saturated rings. The lowest BCUT2D eigenvalue weighted by molar-refractivity contribution is -0.137. The van der Waals surface area contributed by atoms with Crippen molar-refractivity contribution in [1.82, 2.24) is 0 Å². The smallest absolute Gasteiger partial charge is 0.303 e. The summed E-state index contributed by atoms with van der Waals surface area (Å²) >= 11 is 0. The van der Waals surface area contributed by atoms with E-state index in [-0.39, 0.29) is 25.0 Å². The zero-order valence-electron chi connectivity index (χ0n) is 16.3. The van der Waals surface area contributed by atoms with Gasteiger partial charge in [0, 0.05) is 18.4 Å². The maximum Gasteiger partial charge on any atom is 0.303 e. The molecule has 0 aliphatic carbocycles. The van der Waals surface area contributed by atoms with E-state index < -0.39 is 23.4 Å². The van der Waals surface area contributed by atoms with Crippen LogP contribution in [0.3, 0.4) is 0 Å². The largest absolute Gasteiger partial charge is 0.487 e. The number of ether oxygens (including phenoxy) is 2. The van der Waals surface area contributed by atoms with Gasteiger partial charge in [-0.15, -0.1) is 0 Å². The van der Waals surface area contributed by atoms with Crippen LogP contribution in [0.15, 0.2) is 24.3 Å². The Bertz CT molecular complexity index is 883. The fourth-order valence-electron chi connectivity index (χ4n) is 3.56. The predicted molar refractivity (Wildman–Crippen MR) is 101 cm³/mol. The molecule has 0 saturated heterocycles. The van der Waals surface area contributed by atoms with Gasteiger partial charge < -0.3 is 14.6 Å². The number of rotatable bonds is 7. The number of carbonyl (C=O) groups is 1. The number of halogens is 2. The molecule has 1 aliphatic rings. The van der Waals surface area contributed by atoms with E-state index in [9.17, 15) is 13.6 Å². The van der Waals surface area contributed by atoms with Gasteiger partial charge in [-0.3, -0.25) is 4.79 Å². The molecule has 1 heterocycles. The van der Waals surface area contributed by atoms with Crippen molar-refractivity contribution in [3.8, 4) is 11.5 Å². The standard InChI is InChI=1S/C22H24F2O4/c1-13-7-15-11-22(2,3)28-20(15)16(8-13)12-27-21-17(23)9-14(10-18(21)24)5-4-6-19(25)26/h7-10H,4-6,11-12H2,1-3H3,(H,25,26). The van der Waals surface area contributed by atoms with Crippen molar-refractivity contribution in [2.45, 2.75) is 58.7 Å². The predicted octanol–water partition coefficient (Wildman–Crippen LogP) is 4.97. The molecule has 3 rings (SSSR count). The Balaban J connectivity index is 1.75. The second-order valence-corrected chi connectivity index (χ2v) is 7.88. The van der Waals surface area contributed by atoms with Gasteiger partial charge in [-0.2, -0.15) is 0 Å². The summed E-state index contributed by atoms with van der Waals surface area (Å²) in [5.74, 6) is -2.24. The number of hydrogen-bond donors (Lipinski definition) is 1. The Labute approximate surface area is 163 Å². The Morgan fingerprint density at radius 1 is 1.21 bits per heavy atom. The fraction of sp³-hybridized carbons (Fsp3) is 0.409. The van der Waals surface area contributed by atoms with Crippen LogP contribution in [-0.2, 0) is 24.2 Å². The molecular formula is C22H24F2O4. The van der Waals surface area contributed by atoms with Crippen LogP contribution in [-0.4, -0.2) is 16.7 Å². The molecule has 0 spiro atoms. The molecule has 4 nitrogen and oxygen atoms in total. The Morgan fingerprint density at radius 2 is 1.89 bits per heavy atom. The Hall–Kier alpha value is -2.63. The minimum atomic E-state index is -0.933. The molecule has 28 heavy (non-hydrogen) atoms. The number of aryl methyl sites for hydroxylation is 2. The molecular weight excluding hydrogens is 366 g/mol. The third kappa shape index (κ3) is 4.61. The van der Waals surface area contributed by atoms with Crippen LogP contribution in [0.25, 0.3) is 0 Å². The lowest BCUT2D eigenvalue weighted by atomic mass is 9.99. The van der Waals surface area contributed by atoms with E-state index in [1.54, 1.807) is 0 Å². The van der Waals surface area contributed by atoms with Gasteiger partial charge in [0.25, 0.3) is 0 Å². The van der Waals surface area contributed by atoms with Gasteiger partial charge in [-0.25, -0.2) is 8.78 Å². The zero-order chi connectivity index (χ0) is 20.5. The molecule has 150 valence electrons. The first-order valence-corrected chi connectivity index (χ1v) is 9.28. The zero-order valence-corrected chi connectivity index (χ0v) is 16.3. The number of fused-ring (bicyclic) bond motifs is 1. The van der Waals surface area contributed by atoms with Gasteiger partial charge in [0.15, 0.2) is 17.4 Å². The minimum Gasteiger partial charge on any atom is -0.487 e. The monoisotopic (exact) mass is 390 g/mol.